The third-order valence-electron chi connectivity index (χ3n) is 5.63. The van der Waals surface area contributed by atoms with Gasteiger partial charge in [-0.2, -0.15) is 0 Å². The highest BCUT2D eigenvalue weighted by Crippen LogP contribution is 2.44. The number of benzene rings is 3. The van der Waals surface area contributed by atoms with Gasteiger partial charge in [0.15, 0.2) is 4.34 Å². The lowest BCUT2D eigenvalue weighted by atomic mass is 9.95. The van der Waals surface area contributed by atoms with Crippen molar-refractivity contribution < 1.29 is 23.5 Å². The molecule has 1 N–H and O–H groups in total. The topological polar surface area (TPSA) is 83.4 Å². The summed E-state index contributed by atoms with van der Waals surface area (Å²) in [5.74, 6) is -2.56. The number of nitrogens with zero attached hydrogens (tertiary/aromatic N) is 3. The molecule has 5 rings (SSSR count). The molecule has 1 fully saturated rings. The molecule has 1 aromatic heterocycles. The van der Waals surface area contributed by atoms with Gasteiger partial charge in [-0.1, -0.05) is 59.0 Å². The van der Waals surface area contributed by atoms with Crippen LogP contribution in [0.4, 0.5) is 13.9 Å². The van der Waals surface area contributed by atoms with Gasteiger partial charge < -0.3 is 5.11 Å². The summed E-state index contributed by atoms with van der Waals surface area (Å²) >= 11 is 8.51. The molecule has 0 aliphatic carbocycles. The molecule has 1 aliphatic rings. The Morgan fingerprint density at radius 3 is 2.22 bits per heavy atom. The molecule has 0 spiro atoms. The summed E-state index contributed by atoms with van der Waals surface area (Å²) in [5, 5.41) is 20.0. The van der Waals surface area contributed by atoms with E-state index in [-0.39, 0.29) is 22.1 Å². The molecule has 1 saturated heterocycles. The number of carbonyl (C=O) groups is 2. The predicted octanol–water partition coefficient (Wildman–Crippen LogP) is 6.39. The number of aromatic nitrogens is 2. The molecule has 11 heteroatoms. The van der Waals surface area contributed by atoms with Gasteiger partial charge in [0.05, 0.1) is 11.6 Å². The minimum Gasteiger partial charge on any atom is -0.507 e. The second-order valence-electron chi connectivity index (χ2n) is 7.99. The third-order valence-corrected chi connectivity index (χ3v) is 8.00. The number of carbonyl (C=O) groups excluding carboxylic acids is 2. The number of aliphatic hydroxyl groups is 1. The first-order chi connectivity index (χ1) is 17.8. The van der Waals surface area contributed by atoms with Crippen LogP contribution >= 0.6 is 34.7 Å². The van der Waals surface area contributed by atoms with Gasteiger partial charge in [-0.25, -0.2) is 8.78 Å². The molecule has 0 saturated carbocycles. The van der Waals surface area contributed by atoms with Crippen molar-refractivity contribution in [3.05, 3.63) is 112 Å². The van der Waals surface area contributed by atoms with Gasteiger partial charge in [0.1, 0.15) is 17.4 Å². The third kappa shape index (κ3) is 5.13. The number of rotatable bonds is 6. The van der Waals surface area contributed by atoms with E-state index in [1.807, 2.05) is 0 Å². The van der Waals surface area contributed by atoms with Crippen LogP contribution in [0.25, 0.3) is 5.76 Å². The Hall–Kier alpha value is -3.60. The number of ketones is 1. The lowest BCUT2D eigenvalue weighted by Crippen LogP contribution is -2.29. The monoisotopic (exact) mass is 555 g/mol. The number of hydrogen-bond donors (Lipinski definition) is 1. The van der Waals surface area contributed by atoms with Crippen LogP contribution in [0.3, 0.4) is 0 Å². The van der Waals surface area contributed by atoms with Crippen LogP contribution in [0.1, 0.15) is 22.7 Å². The van der Waals surface area contributed by atoms with Gasteiger partial charge in [-0.15, -0.1) is 10.2 Å². The highest BCUT2D eigenvalue weighted by atomic mass is 35.5. The average Bonchev–Trinajstić information content (AvgIpc) is 3.46. The fourth-order valence-corrected chi connectivity index (χ4v) is 5.79. The van der Waals surface area contributed by atoms with Crippen LogP contribution in [0, 0.1) is 11.6 Å². The lowest BCUT2D eigenvalue weighted by molar-refractivity contribution is -0.132. The second-order valence-corrected chi connectivity index (χ2v) is 10.6. The Morgan fingerprint density at radius 1 is 0.946 bits per heavy atom. The zero-order chi connectivity index (χ0) is 26.1. The summed E-state index contributed by atoms with van der Waals surface area (Å²) in [5.41, 5.74) is 1.42. The fourth-order valence-electron chi connectivity index (χ4n) is 3.84. The van der Waals surface area contributed by atoms with Crippen molar-refractivity contribution in [3.63, 3.8) is 0 Å². The molecule has 6 nitrogen and oxygen atoms in total. The molecular weight excluding hydrogens is 540 g/mol. The van der Waals surface area contributed by atoms with Crippen LogP contribution in [0.15, 0.2) is 82.7 Å². The van der Waals surface area contributed by atoms with Crippen molar-refractivity contribution >= 4 is 57.3 Å². The molecule has 3 aromatic carbocycles. The van der Waals surface area contributed by atoms with Crippen molar-refractivity contribution in [2.24, 2.45) is 0 Å². The van der Waals surface area contributed by atoms with Crippen LogP contribution in [0.2, 0.25) is 5.02 Å². The maximum Gasteiger partial charge on any atom is 0.301 e. The number of halogens is 3. The van der Waals surface area contributed by atoms with Crippen LogP contribution < -0.4 is 4.90 Å². The van der Waals surface area contributed by atoms with Gasteiger partial charge in [0, 0.05) is 16.3 Å². The van der Waals surface area contributed by atoms with Crippen molar-refractivity contribution in [2.45, 2.75) is 16.1 Å². The maximum atomic E-state index is 13.4. The summed E-state index contributed by atoms with van der Waals surface area (Å²) in [6, 6.07) is 16.5. The number of thioether (sulfide) groups is 1. The molecule has 1 amide bonds. The minimum absolute atomic E-state index is 0.158. The number of Topliss-reactive ketones (excluding diaryl/α,β-unsaturated/α-hetero) is 1. The van der Waals surface area contributed by atoms with E-state index < -0.39 is 29.3 Å². The smallest absolute Gasteiger partial charge is 0.301 e. The van der Waals surface area contributed by atoms with Crippen molar-refractivity contribution in [3.8, 4) is 0 Å². The number of amides is 1. The Kier molecular flexibility index (Phi) is 7.05. The lowest BCUT2D eigenvalue weighted by Gasteiger charge is -2.22. The quantitative estimate of drug-likeness (QED) is 0.0976. The van der Waals surface area contributed by atoms with E-state index in [1.165, 1.54) is 40.9 Å². The molecule has 1 unspecified atom stereocenters. The Morgan fingerprint density at radius 2 is 1.57 bits per heavy atom. The van der Waals surface area contributed by atoms with E-state index in [9.17, 15) is 23.5 Å². The second kappa shape index (κ2) is 10.4. The predicted molar refractivity (Wildman–Crippen MR) is 139 cm³/mol. The first-order valence-electron chi connectivity index (χ1n) is 10.8. The molecule has 0 radical (unpaired) electrons. The fraction of sp³-hybridized carbons (Fsp3) is 0.0769. The molecule has 186 valence electrons. The van der Waals surface area contributed by atoms with E-state index in [1.54, 1.807) is 36.4 Å². The number of anilines is 1. The number of aliphatic hydroxyl groups excluding tert-OH is 1. The molecule has 37 heavy (non-hydrogen) atoms. The summed E-state index contributed by atoms with van der Waals surface area (Å²) in [7, 11) is 0. The van der Waals surface area contributed by atoms with Crippen LogP contribution in [-0.2, 0) is 15.3 Å². The zero-order valence-corrected chi connectivity index (χ0v) is 21.2. The van der Waals surface area contributed by atoms with E-state index in [0.29, 0.717) is 20.7 Å². The minimum atomic E-state index is -1.01. The normalized spacial score (nSPS) is 16.9. The molecule has 1 aliphatic heterocycles. The highest BCUT2D eigenvalue weighted by molar-refractivity contribution is 8.00. The summed E-state index contributed by atoms with van der Waals surface area (Å²) in [6.45, 7) is 0. The molecule has 0 bridgehead atoms. The Labute approximate surface area is 223 Å². The van der Waals surface area contributed by atoms with Gasteiger partial charge in [0.25, 0.3) is 5.78 Å². The highest BCUT2D eigenvalue weighted by Gasteiger charge is 2.48. The number of hydrogen-bond acceptors (Lipinski definition) is 7. The summed E-state index contributed by atoms with van der Waals surface area (Å²) < 4.78 is 27.2. The zero-order valence-electron chi connectivity index (χ0n) is 18.8. The Bertz CT molecular complexity index is 1510. The van der Waals surface area contributed by atoms with Gasteiger partial charge in [0.2, 0.25) is 5.13 Å². The van der Waals surface area contributed by atoms with E-state index in [0.717, 1.165) is 29.0 Å². The van der Waals surface area contributed by atoms with E-state index in [2.05, 4.69) is 10.2 Å². The molecular formula is C26H16ClF2N3O3S2. The molecule has 2 heterocycles. The first-order valence-corrected chi connectivity index (χ1v) is 13.0. The van der Waals surface area contributed by atoms with Gasteiger partial charge >= 0.3 is 5.91 Å². The molecule has 4 aromatic rings. The van der Waals surface area contributed by atoms with Gasteiger partial charge in [-0.05, 0) is 59.7 Å². The first kappa shape index (κ1) is 25.1. The van der Waals surface area contributed by atoms with Crippen molar-refractivity contribution in [1.82, 2.24) is 10.2 Å². The maximum absolute atomic E-state index is 13.4. The van der Waals surface area contributed by atoms with Crippen LogP contribution in [-0.4, -0.2) is 27.0 Å². The SMILES string of the molecule is O=C1C(=O)N(c2nnc(SCc3ccc(F)cc3)s2)C(c2ccc(Cl)cc2)/C1=C(/O)c1ccc(F)cc1. The largest absolute Gasteiger partial charge is 0.507 e. The summed E-state index contributed by atoms with van der Waals surface area (Å²) in [6.07, 6.45) is 0. The molecule has 1 atom stereocenters. The van der Waals surface area contributed by atoms with Crippen molar-refractivity contribution in [2.75, 3.05) is 4.90 Å². The average molecular weight is 556 g/mol. The summed E-state index contributed by atoms with van der Waals surface area (Å²) in [4.78, 5) is 27.6. The Balaban J connectivity index is 1.53. The van der Waals surface area contributed by atoms with E-state index in [4.69, 9.17) is 11.6 Å². The van der Waals surface area contributed by atoms with E-state index >= 15 is 0 Å². The van der Waals surface area contributed by atoms with Crippen molar-refractivity contribution in [1.29, 1.82) is 0 Å². The standard InChI is InChI=1S/C26H16ClF2N3O3S2/c27-17-7-3-15(4-8-17)21-20(22(33)16-5-11-19(29)12-6-16)23(34)24(35)32(21)25-30-31-26(37-25)36-13-14-1-9-18(28)10-2-14/h1-12,21,33H,13H2/b22-20-. The van der Waals surface area contributed by atoms with Crippen LogP contribution in [0.5, 0.6) is 0 Å². The van der Waals surface area contributed by atoms with Gasteiger partial charge in [-0.3, -0.25) is 14.5 Å².